The fourth-order valence-electron chi connectivity index (χ4n) is 2.86. The highest BCUT2D eigenvalue weighted by Gasteiger charge is 2.37. The van der Waals surface area contributed by atoms with E-state index in [1.807, 2.05) is 54.3 Å². The standard InChI is InChI=1S/C17H19N3O/c1-12-10-14(8-9-18-12)19-16-11-13(2)20(17(16)21)15-6-4-3-5-7-15/h3-10,13,16H,11H2,1-2H3,(H,18,19). The van der Waals surface area contributed by atoms with Crippen molar-refractivity contribution in [1.82, 2.24) is 4.98 Å². The molecule has 0 radical (unpaired) electrons. The minimum absolute atomic E-state index is 0.128. The molecule has 0 aliphatic carbocycles. The average Bonchev–Trinajstić information content (AvgIpc) is 2.74. The zero-order valence-corrected chi connectivity index (χ0v) is 12.3. The molecule has 0 spiro atoms. The van der Waals surface area contributed by atoms with Crippen LogP contribution in [0, 0.1) is 6.92 Å². The maximum atomic E-state index is 12.7. The topological polar surface area (TPSA) is 45.2 Å². The largest absolute Gasteiger partial charge is 0.374 e. The van der Waals surface area contributed by atoms with Gasteiger partial charge in [-0.3, -0.25) is 9.78 Å². The van der Waals surface area contributed by atoms with Crippen molar-refractivity contribution >= 4 is 17.3 Å². The number of hydrogen-bond donors (Lipinski definition) is 1. The van der Waals surface area contributed by atoms with Gasteiger partial charge in [-0.25, -0.2) is 0 Å². The number of anilines is 2. The van der Waals surface area contributed by atoms with E-state index in [1.165, 1.54) is 0 Å². The first-order chi connectivity index (χ1) is 10.1. The molecule has 1 aromatic heterocycles. The molecule has 2 atom stereocenters. The van der Waals surface area contributed by atoms with Crippen molar-refractivity contribution < 1.29 is 4.79 Å². The molecule has 0 bridgehead atoms. The second-order valence-electron chi connectivity index (χ2n) is 5.51. The molecule has 1 amide bonds. The van der Waals surface area contributed by atoms with E-state index in [0.717, 1.165) is 23.5 Å². The van der Waals surface area contributed by atoms with E-state index < -0.39 is 0 Å². The summed E-state index contributed by atoms with van der Waals surface area (Å²) in [6, 6.07) is 13.7. The lowest BCUT2D eigenvalue weighted by atomic mass is 10.2. The molecule has 1 aliphatic heterocycles. The van der Waals surface area contributed by atoms with Crippen LogP contribution in [-0.4, -0.2) is 23.0 Å². The normalized spacial score (nSPS) is 21.6. The van der Waals surface area contributed by atoms with Crippen LogP contribution in [0.4, 0.5) is 11.4 Å². The number of aromatic nitrogens is 1. The molecule has 3 rings (SSSR count). The first-order valence-electron chi connectivity index (χ1n) is 7.22. The summed E-state index contributed by atoms with van der Waals surface area (Å²) in [7, 11) is 0. The maximum absolute atomic E-state index is 12.7. The van der Waals surface area contributed by atoms with Gasteiger partial charge in [-0.1, -0.05) is 18.2 Å². The van der Waals surface area contributed by atoms with Crippen LogP contribution < -0.4 is 10.2 Å². The fraction of sp³-hybridized carbons (Fsp3) is 0.294. The Kier molecular flexibility index (Phi) is 3.60. The molecule has 1 aliphatic rings. The minimum atomic E-state index is -0.179. The number of benzene rings is 1. The van der Waals surface area contributed by atoms with E-state index in [0.29, 0.717) is 0 Å². The molecule has 1 saturated heterocycles. The van der Waals surface area contributed by atoms with Crippen molar-refractivity contribution in [3.8, 4) is 0 Å². The van der Waals surface area contributed by atoms with Gasteiger partial charge in [0.2, 0.25) is 5.91 Å². The van der Waals surface area contributed by atoms with Crippen LogP contribution in [0.3, 0.4) is 0 Å². The Morgan fingerprint density at radius 3 is 2.71 bits per heavy atom. The summed E-state index contributed by atoms with van der Waals surface area (Å²) >= 11 is 0. The Morgan fingerprint density at radius 1 is 1.24 bits per heavy atom. The number of hydrogen-bond acceptors (Lipinski definition) is 3. The predicted octanol–water partition coefficient (Wildman–Crippen LogP) is 3.00. The van der Waals surface area contributed by atoms with Crippen molar-refractivity contribution in [2.24, 2.45) is 0 Å². The number of aryl methyl sites for hydroxylation is 1. The summed E-state index contributed by atoms with van der Waals surface area (Å²) in [6.45, 7) is 4.03. The minimum Gasteiger partial charge on any atom is -0.374 e. The lowest BCUT2D eigenvalue weighted by Gasteiger charge is -2.21. The van der Waals surface area contributed by atoms with Crippen molar-refractivity contribution in [3.63, 3.8) is 0 Å². The number of nitrogens with one attached hydrogen (secondary N) is 1. The van der Waals surface area contributed by atoms with E-state index in [2.05, 4.69) is 17.2 Å². The number of para-hydroxylation sites is 1. The van der Waals surface area contributed by atoms with E-state index in [-0.39, 0.29) is 18.0 Å². The third-order valence-corrected chi connectivity index (χ3v) is 3.83. The number of carbonyl (C=O) groups excluding carboxylic acids is 1. The van der Waals surface area contributed by atoms with Crippen LogP contribution in [0.1, 0.15) is 19.0 Å². The summed E-state index contributed by atoms with van der Waals surface area (Å²) in [6.07, 6.45) is 2.56. The van der Waals surface area contributed by atoms with Crippen LogP contribution in [0.25, 0.3) is 0 Å². The molecule has 2 aromatic rings. The molecule has 1 aromatic carbocycles. The summed E-state index contributed by atoms with van der Waals surface area (Å²) in [5, 5.41) is 3.33. The van der Waals surface area contributed by atoms with Crippen LogP contribution in [0.2, 0.25) is 0 Å². The smallest absolute Gasteiger partial charge is 0.249 e. The zero-order chi connectivity index (χ0) is 14.8. The van der Waals surface area contributed by atoms with Crippen LogP contribution in [0.5, 0.6) is 0 Å². The highest BCUT2D eigenvalue weighted by molar-refractivity contribution is 6.01. The molecule has 0 saturated carbocycles. The molecule has 108 valence electrons. The van der Waals surface area contributed by atoms with E-state index in [1.54, 1.807) is 6.20 Å². The molecule has 1 fully saturated rings. The van der Waals surface area contributed by atoms with Gasteiger partial charge in [0.25, 0.3) is 0 Å². The second kappa shape index (κ2) is 5.56. The number of nitrogens with zero attached hydrogens (tertiary/aromatic N) is 2. The van der Waals surface area contributed by atoms with Gasteiger partial charge in [0.05, 0.1) is 0 Å². The highest BCUT2D eigenvalue weighted by atomic mass is 16.2. The Labute approximate surface area is 124 Å². The Morgan fingerprint density at radius 2 is 2.00 bits per heavy atom. The van der Waals surface area contributed by atoms with Gasteiger partial charge in [0.15, 0.2) is 0 Å². The molecule has 4 nitrogen and oxygen atoms in total. The monoisotopic (exact) mass is 281 g/mol. The highest BCUT2D eigenvalue weighted by Crippen LogP contribution is 2.28. The van der Waals surface area contributed by atoms with Crippen molar-refractivity contribution in [2.45, 2.75) is 32.4 Å². The fourth-order valence-corrected chi connectivity index (χ4v) is 2.86. The number of amides is 1. The van der Waals surface area contributed by atoms with Crippen molar-refractivity contribution in [3.05, 3.63) is 54.4 Å². The van der Waals surface area contributed by atoms with Crippen molar-refractivity contribution in [1.29, 1.82) is 0 Å². The van der Waals surface area contributed by atoms with Crippen LogP contribution in [-0.2, 0) is 4.79 Å². The third-order valence-electron chi connectivity index (χ3n) is 3.83. The predicted molar refractivity (Wildman–Crippen MR) is 84.4 cm³/mol. The SMILES string of the molecule is Cc1cc(NC2CC(C)N(c3ccccc3)C2=O)ccn1. The molecule has 1 N–H and O–H groups in total. The molecule has 21 heavy (non-hydrogen) atoms. The van der Waals surface area contributed by atoms with Crippen LogP contribution in [0.15, 0.2) is 48.7 Å². The van der Waals surface area contributed by atoms with Gasteiger partial charge in [-0.2, -0.15) is 0 Å². The molecular weight excluding hydrogens is 262 g/mol. The summed E-state index contributed by atoms with van der Waals surface area (Å²) < 4.78 is 0. The lowest BCUT2D eigenvalue weighted by molar-refractivity contribution is -0.117. The molecule has 2 unspecified atom stereocenters. The van der Waals surface area contributed by atoms with Gasteiger partial charge in [-0.05, 0) is 44.5 Å². The van der Waals surface area contributed by atoms with E-state index in [9.17, 15) is 4.79 Å². The van der Waals surface area contributed by atoms with Crippen molar-refractivity contribution in [2.75, 3.05) is 10.2 Å². The maximum Gasteiger partial charge on any atom is 0.249 e. The summed E-state index contributed by atoms with van der Waals surface area (Å²) in [4.78, 5) is 18.7. The first-order valence-corrected chi connectivity index (χ1v) is 7.22. The van der Waals surface area contributed by atoms with Gasteiger partial charge in [0, 0.05) is 29.3 Å². The van der Waals surface area contributed by atoms with Gasteiger partial charge in [0.1, 0.15) is 6.04 Å². The molecule has 2 heterocycles. The number of rotatable bonds is 3. The third kappa shape index (κ3) is 2.75. The zero-order valence-electron chi connectivity index (χ0n) is 12.3. The van der Waals surface area contributed by atoms with E-state index >= 15 is 0 Å². The molecular formula is C17H19N3O. The quantitative estimate of drug-likeness (QED) is 0.940. The summed E-state index contributed by atoms with van der Waals surface area (Å²) in [5.74, 6) is 0.128. The summed E-state index contributed by atoms with van der Waals surface area (Å²) in [5.41, 5.74) is 2.85. The van der Waals surface area contributed by atoms with E-state index in [4.69, 9.17) is 0 Å². The van der Waals surface area contributed by atoms with Gasteiger partial charge in [-0.15, -0.1) is 0 Å². The van der Waals surface area contributed by atoms with Crippen LogP contribution >= 0.6 is 0 Å². The number of carbonyl (C=O) groups is 1. The number of pyridine rings is 1. The van der Waals surface area contributed by atoms with Gasteiger partial charge >= 0.3 is 0 Å². The second-order valence-corrected chi connectivity index (χ2v) is 5.51. The average molecular weight is 281 g/mol. The first kappa shape index (κ1) is 13.6. The lowest BCUT2D eigenvalue weighted by Crippen LogP contribution is -2.35. The Bertz CT molecular complexity index is 641. The van der Waals surface area contributed by atoms with Gasteiger partial charge < -0.3 is 10.2 Å². The Balaban J connectivity index is 1.79. The Hall–Kier alpha value is -2.36. The molecule has 4 heteroatoms.